The summed E-state index contributed by atoms with van der Waals surface area (Å²) in [5.74, 6) is 0.437. The lowest BCUT2D eigenvalue weighted by Crippen LogP contribution is -2.36. The molecule has 98 valence electrons. The van der Waals surface area contributed by atoms with Crippen molar-refractivity contribution in [1.29, 1.82) is 0 Å². The van der Waals surface area contributed by atoms with Gasteiger partial charge in [0.2, 0.25) is 0 Å². The highest BCUT2D eigenvalue weighted by atomic mass is 16.4. The molecule has 18 heavy (non-hydrogen) atoms. The minimum Gasteiger partial charge on any atom is -0.465 e. The summed E-state index contributed by atoms with van der Waals surface area (Å²) in [6.45, 7) is 3.30. The molecular formula is C14H19NO3. The van der Waals surface area contributed by atoms with Crippen molar-refractivity contribution >= 4 is 6.09 Å². The standard InChI is InChI=1S/C14H19NO3/c1-10-8-12(2-3-13(10)9-16)11-4-6-15(7-5-11)14(17)18/h2-3,8,11,16H,4-7,9H2,1H3,(H,17,18). The Morgan fingerprint density at radius 1 is 1.39 bits per heavy atom. The zero-order valence-electron chi connectivity index (χ0n) is 10.6. The predicted octanol–water partition coefficient (Wildman–Crippen LogP) is 2.34. The van der Waals surface area contributed by atoms with E-state index >= 15 is 0 Å². The molecule has 1 aromatic carbocycles. The molecule has 2 rings (SSSR count). The Morgan fingerprint density at radius 3 is 2.56 bits per heavy atom. The van der Waals surface area contributed by atoms with Gasteiger partial charge >= 0.3 is 6.09 Å². The number of nitrogens with zero attached hydrogens (tertiary/aromatic N) is 1. The van der Waals surface area contributed by atoms with Gasteiger partial charge in [0.05, 0.1) is 6.61 Å². The van der Waals surface area contributed by atoms with Crippen LogP contribution in [0.2, 0.25) is 0 Å². The fourth-order valence-corrected chi connectivity index (χ4v) is 2.55. The van der Waals surface area contributed by atoms with Crippen LogP contribution in [0.4, 0.5) is 4.79 Å². The molecule has 1 saturated heterocycles. The lowest BCUT2D eigenvalue weighted by Gasteiger charge is -2.30. The third-order valence-corrected chi connectivity index (χ3v) is 3.77. The smallest absolute Gasteiger partial charge is 0.407 e. The van der Waals surface area contributed by atoms with Crippen LogP contribution in [0.3, 0.4) is 0 Å². The number of likely N-dealkylation sites (tertiary alicyclic amines) is 1. The van der Waals surface area contributed by atoms with E-state index < -0.39 is 6.09 Å². The van der Waals surface area contributed by atoms with E-state index in [0.29, 0.717) is 19.0 Å². The molecule has 0 aromatic heterocycles. The molecule has 0 spiro atoms. The predicted molar refractivity (Wildman–Crippen MR) is 68.7 cm³/mol. The second kappa shape index (κ2) is 5.40. The largest absolute Gasteiger partial charge is 0.465 e. The van der Waals surface area contributed by atoms with Crippen molar-refractivity contribution in [3.63, 3.8) is 0 Å². The Morgan fingerprint density at radius 2 is 2.06 bits per heavy atom. The van der Waals surface area contributed by atoms with E-state index in [2.05, 4.69) is 12.1 Å². The summed E-state index contributed by atoms with van der Waals surface area (Å²) < 4.78 is 0. The summed E-state index contributed by atoms with van der Waals surface area (Å²) in [4.78, 5) is 12.3. The van der Waals surface area contributed by atoms with Crippen LogP contribution >= 0.6 is 0 Å². The third kappa shape index (κ3) is 2.64. The molecule has 1 heterocycles. The van der Waals surface area contributed by atoms with Crippen LogP contribution < -0.4 is 0 Å². The van der Waals surface area contributed by atoms with E-state index in [4.69, 9.17) is 10.2 Å². The number of aryl methyl sites for hydroxylation is 1. The first kappa shape index (κ1) is 12.9. The number of carboxylic acid groups (broad SMARTS) is 1. The van der Waals surface area contributed by atoms with Crippen LogP contribution in [0.1, 0.15) is 35.4 Å². The minimum absolute atomic E-state index is 0.0730. The lowest BCUT2D eigenvalue weighted by atomic mass is 9.88. The number of rotatable bonds is 2. The molecule has 1 aliphatic rings. The van der Waals surface area contributed by atoms with Crippen molar-refractivity contribution < 1.29 is 15.0 Å². The Kier molecular flexibility index (Phi) is 3.87. The van der Waals surface area contributed by atoms with E-state index in [-0.39, 0.29) is 6.61 Å². The molecule has 0 aliphatic carbocycles. The quantitative estimate of drug-likeness (QED) is 0.845. The molecule has 2 N–H and O–H groups in total. The van der Waals surface area contributed by atoms with E-state index in [1.807, 2.05) is 13.0 Å². The molecule has 1 amide bonds. The van der Waals surface area contributed by atoms with Crippen molar-refractivity contribution in [3.8, 4) is 0 Å². The maximum absolute atomic E-state index is 10.8. The summed E-state index contributed by atoms with van der Waals surface area (Å²) in [7, 11) is 0. The zero-order chi connectivity index (χ0) is 13.1. The van der Waals surface area contributed by atoms with Crippen LogP contribution in [-0.4, -0.2) is 34.3 Å². The van der Waals surface area contributed by atoms with Crippen molar-refractivity contribution in [2.24, 2.45) is 0 Å². The summed E-state index contributed by atoms with van der Waals surface area (Å²) in [5.41, 5.74) is 3.33. The second-order valence-electron chi connectivity index (χ2n) is 4.89. The fourth-order valence-electron chi connectivity index (χ4n) is 2.55. The normalized spacial score (nSPS) is 16.9. The van der Waals surface area contributed by atoms with Gasteiger partial charge < -0.3 is 15.1 Å². The van der Waals surface area contributed by atoms with Crippen LogP contribution in [0.15, 0.2) is 18.2 Å². The van der Waals surface area contributed by atoms with Gasteiger partial charge in [0.15, 0.2) is 0 Å². The molecule has 1 fully saturated rings. The number of piperidine rings is 1. The SMILES string of the molecule is Cc1cc(C2CCN(C(=O)O)CC2)ccc1CO. The maximum Gasteiger partial charge on any atom is 0.407 e. The molecule has 1 aliphatic heterocycles. The first-order chi connectivity index (χ1) is 8.61. The fraction of sp³-hybridized carbons (Fsp3) is 0.500. The first-order valence-electron chi connectivity index (χ1n) is 6.30. The summed E-state index contributed by atoms with van der Waals surface area (Å²) in [5, 5.41) is 18.0. The van der Waals surface area contributed by atoms with Crippen LogP contribution in [0.25, 0.3) is 0 Å². The van der Waals surface area contributed by atoms with Crippen molar-refractivity contribution in [2.75, 3.05) is 13.1 Å². The van der Waals surface area contributed by atoms with E-state index in [0.717, 1.165) is 24.0 Å². The summed E-state index contributed by atoms with van der Waals surface area (Å²) >= 11 is 0. The van der Waals surface area contributed by atoms with Gasteiger partial charge in [-0.25, -0.2) is 4.79 Å². The minimum atomic E-state index is -0.819. The number of hydrogen-bond donors (Lipinski definition) is 2. The molecule has 1 aromatic rings. The third-order valence-electron chi connectivity index (χ3n) is 3.77. The van der Waals surface area contributed by atoms with Gasteiger partial charge in [0.25, 0.3) is 0 Å². The molecule has 0 unspecified atom stereocenters. The summed E-state index contributed by atoms with van der Waals surface area (Å²) in [6.07, 6.45) is 0.939. The molecule has 0 saturated carbocycles. The van der Waals surface area contributed by atoms with E-state index in [1.165, 1.54) is 10.5 Å². The van der Waals surface area contributed by atoms with Crippen LogP contribution in [-0.2, 0) is 6.61 Å². The Hall–Kier alpha value is -1.55. The Balaban J connectivity index is 2.05. The Labute approximate surface area is 107 Å². The maximum atomic E-state index is 10.8. The highest BCUT2D eigenvalue weighted by Crippen LogP contribution is 2.29. The van der Waals surface area contributed by atoms with Crippen molar-refractivity contribution in [2.45, 2.75) is 32.3 Å². The number of benzene rings is 1. The number of carbonyl (C=O) groups is 1. The topological polar surface area (TPSA) is 60.8 Å². The zero-order valence-corrected chi connectivity index (χ0v) is 10.6. The summed E-state index contributed by atoms with van der Waals surface area (Å²) in [6, 6.07) is 6.14. The van der Waals surface area contributed by atoms with Gasteiger partial charge in [-0.2, -0.15) is 0 Å². The van der Waals surface area contributed by atoms with Crippen molar-refractivity contribution in [1.82, 2.24) is 4.90 Å². The Bertz CT molecular complexity index is 437. The van der Waals surface area contributed by atoms with E-state index in [9.17, 15) is 4.79 Å². The average Bonchev–Trinajstić information content (AvgIpc) is 2.38. The van der Waals surface area contributed by atoms with Gasteiger partial charge in [-0.05, 0) is 42.4 Å². The van der Waals surface area contributed by atoms with Crippen molar-refractivity contribution in [3.05, 3.63) is 34.9 Å². The van der Waals surface area contributed by atoms with E-state index in [1.54, 1.807) is 0 Å². The molecule has 0 radical (unpaired) electrons. The number of amides is 1. The highest BCUT2D eigenvalue weighted by Gasteiger charge is 2.23. The molecule has 4 heteroatoms. The van der Waals surface area contributed by atoms with Gasteiger partial charge in [0, 0.05) is 13.1 Å². The highest BCUT2D eigenvalue weighted by molar-refractivity contribution is 5.65. The molecular weight excluding hydrogens is 230 g/mol. The van der Waals surface area contributed by atoms with Gasteiger partial charge in [-0.3, -0.25) is 0 Å². The van der Waals surface area contributed by atoms with Crippen LogP contribution in [0.5, 0.6) is 0 Å². The van der Waals surface area contributed by atoms with Gasteiger partial charge in [0.1, 0.15) is 0 Å². The molecule has 0 atom stereocenters. The second-order valence-corrected chi connectivity index (χ2v) is 4.89. The van der Waals surface area contributed by atoms with Gasteiger partial charge in [-0.1, -0.05) is 18.2 Å². The number of aliphatic hydroxyl groups excluding tert-OH is 1. The molecule has 4 nitrogen and oxygen atoms in total. The monoisotopic (exact) mass is 249 g/mol. The average molecular weight is 249 g/mol. The van der Waals surface area contributed by atoms with Crippen LogP contribution in [0, 0.1) is 6.92 Å². The molecule has 0 bridgehead atoms. The lowest BCUT2D eigenvalue weighted by molar-refractivity contribution is 0.132. The number of hydrogen-bond acceptors (Lipinski definition) is 2. The van der Waals surface area contributed by atoms with Gasteiger partial charge in [-0.15, -0.1) is 0 Å². The first-order valence-corrected chi connectivity index (χ1v) is 6.30. The number of aliphatic hydroxyl groups is 1.